The molecule has 3 rings (SSSR count). The molecule has 7 heteroatoms. The first-order chi connectivity index (χ1) is 12.4. The molecule has 7 nitrogen and oxygen atoms in total. The number of benzene rings is 1. The van der Waals surface area contributed by atoms with Gasteiger partial charge in [-0.05, 0) is 57.2 Å². The van der Waals surface area contributed by atoms with Crippen molar-refractivity contribution < 1.29 is 18.8 Å². The SMILES string of the molecule is Cc1cc(NC(=O)COC(=O)c2ccc(-n3c(C)ccc3C)cc2)no1. The smallest absolute Gasteiger partial charge is 0.338 e. The van der Waals surface area contributed by atoms with Crippen molar-refractivity contribution >= 4 is 17.7 Å². The second-order valence-corrected chi connectivity index (χ2v) is 5.95. The Bertz CT molecular complexity index is 919. The van der Waals surface area contributed by atoms with Gasteiger partial charge in [0.05, 0.1) is 5.56 Å². The molecule has 1 N–H and O–H groups in total. The number of anilines is 1. The van der Waals surface area contributed by atoms with E-state index in [1.165, 1.54) is 0 Å². The summed E-state index contributed by atoms with van der Waals surface area (Å²) in [5, 5.41) is 6.12. The Kier molecular flexibility index (Phi) is 4.88. The van der Waals surface area contributed by atoms with Gasteiger partial charge in [0.25, 0.3) is 5.91 Å². The van der Waals surface area contributed by atoms with Crippen LogP contribution in [0.4, 0.5) is 5.82 Å². The van der Waals surface area contributed by atoms with Crippen LogP contribution < -0.4 is 5.32 Å². The lowest BCUT2D eigenvalue weighted by Crippen LogP contribution is -2.21. The third-order valence-corrected chi connectivity index (χ3v) is 3.86. The van der Waals surface area contributed by atoms with E-state index >= 15 is 0 Å². The van der Waals surface area contributed by atoms with Gasteiger partial charge in [-0.2, -0.15) is 0 Å². The highest BCUT2D eigenvalue weighted by molar-refractivity contribution is 5.95. The predicted octanol–water partition coefficient (Wildman–Crippen LogP) is 3.19. The van der Waals surface area contributed by atoms with Gasteiger partial charge in [-0.1, -0.05) is 5.16 Å². The molecule has 134 valence electrons. The average Bonchev–Trinajstić information content (AvgIpc) is 3.18. The van der Waals surface area contributed by atoms with E-state index in [4.69, 9.17) is 9.26 Å². The first-order valence-corrected chi connectivity index (χ1v) is 8.10. The summed E-state index contributed by atoms with van der Waals surface area (Å²) in [6.07, 6.45) is 0. The molecule has 1 amide bonds. The molecule has 1 aromatic carbocycles. The number of nitrogens with one attached hydrogen (secondary N) is 1. The van der Waals surface area contributed by atoms with E-state index in [0.29, 0.717) is 11.3 Å². The van der Waals surface area contributed by atoms with Gasteiger partial charge in [0.2, 0.25) is 0 Å². The highest BCUT2D eigenvalue weighted by Gasteiger charge is 2.12. The Balaban J connectivity index is 1.59. The molecule has 0 fully saturated rings. The number of aryl methyl sites for hydroxylation is 3. The number of rotatable bonds is 5. The zero-order valence-electron chi connectivity index (χ0n) is 14.8. The van der Waals surface area contributed by atoms with E-state index in [1.54, 1.807) is 25.1 Å². The maximum Gasteiger partial charge on any atom is 0.338 e. The largest absolute Gasteiger partial charge is 0.452 e. The minimum Gasteiger partial charge on any atom is -0.452 e. The van der Waals surface area contributed by atoms with Gasteiger partial charge in [-0.25, -0.2) is 4.79 Å². The van der Waals surface area contributed by atoms with Crippen molar-refractivity contribution in [3.63, 3.8) is 0 Å². The molecule has 0 spiro atoms. The van der Waals surface area contributed by atoms with Crippen LogP contribution in [0.25, 0.3) is 5.69 Å². The number of ether oxygens (including phenoxy) is 1. The molecule has 0 saturated carbocycles. The van der Waals surface area contributed by atoms with Crippen LogP contribution >= 0.6 is 0 Å². The van der Waals surface area contributed by atoms with Gasteiger partial charge in [0.1, 0.15) is 5.76 Å². The van der Waals surface area contributed by atoms with Crippen molar-refractivity contribution in [3.8, 4) is 5.69 Å². The fourth-order valence-corrected chi connectivity index (χ4v) is 2.64. The van der Waals surface area contributed by atoms with Crippen molar-refractivity contribution in [2.75, 3.05) is 11.9 Å². The number of esters is 1. The molecule has 0 unspecified atom stereocenters. The highest BCUT2D eigenvalue weighted by Crippen LogP contribution is 2.17. The molecule has 0 radical (unpaired) electrons. The number of hydrogen-bond donors (Lipinski definition) is 1. The second-order valence-electron chi connectivity index (χ2n) is 5.95. The van der Waals surface area contributed by atoms with Crippen molar-refractivity contribution in [2.24, 2.45) is 0 Å². The number of carbonyl (C=O) groups excluding carboxylic acids is 2. The van der Waals surface area contributed by atoms with Crippen LogP contribution in [0.2, 0.25) is 0 Å². The Morgan fingerprint density at radius 2 is 1.73 bits per heavy atom. The lowest BCUT2D eigenvalue weighted by Gasteiger charge is -2.10. The van der Waals surface area contributed by atoms with Crippen molar-refractivity contribution in [2.45, 2.75) is 20.8 Å². The van der Waals surface area contributed by atoms with E-state index in [1.807, 2.05) is 38.1 Å². The molecular weight excluding hydrogens is 334 g/mol. The maximum atomic E-state index is 12.1. The van der Waals surface area contributed by atoms with Crippen LogP contribution in [0.5, 0.6) is 0 Å². The lowest BCUT2D eigenvalue weighted by molar-refractivity contribution is -0.119. The van der Waals surface area contributed by atoms with Gasteiger partial charge in [0, 0.05) is 23.1 Å². The molecule has 0 aliphatic rings. The number of nitrogens with zero attached hydrogens (tertiary/aromatic N) is 2. The van der Waals surface area contributed by atoms with E-state index in [0.717, 1.165) is 17.1 Å². The maximum absolute atomic E-state index is 12.1. The van der Waals surface area contributed by atoms with Gasteiger partial charge in [-0.15, -0.1) is 0 Å². The van der Waals surface area contributed by atoms with Crippen LogP contribution in [0.1, 0.15) is 27.5 Å². The van der Waals surface area contributed by atoms with Crippen LogP contribution in [-0.4, -0.2) is 28.2 Å². The van der Waals surface area contributed by atoms with Crippen LogP contribution in [0.15, 0.2) is 47.0 Å². The van der Waals surface area contributed by atoms with E-state index in [9.17, 15) is 9.59 Å². The van der Waals surface area contributed by atoms with Gasteiger partial charge >= 0.3 is 5.97 Å². The van der Waals surface area contributed by atoms with Crippen molar-refractivity contribution in [3.05, 3.63) is 65.2 Å². The summed E-state index contributed by atoms with van der Waals surface area (Å²) in [4.78, 5) is 23.9. The normalized spacial score (nSPS) is 10.6. The second kappa shape index (κ2) is 7.26. The van der Waals surface area contributed by atoms with Gasteiger partial charge < -0.3 is 19.1 Å². The minimum absolute atomic E-state index is 0.283. The summed E-state index contributed by atoms with van der Waals surface area (Å²) >= 11 is 0. The molecular formula is C19H19N3O4. The van der Waals surface area contributed by atoms with Crippen LogP contribution in [-0.2, 0) is 9.53 Å². The molecule has 2 aromatic heterocycles. The summed E-state index contributed by atoms with van der Waals surface area (Å²) < 4.78 is 12.0. The zero-order chi connectivity index (χ0) is 18.7. The fraction of sp³-hybridized carbons (Fsp3) is 0.211. The van der Waals surface area contributed by atoms with Crippen LogP contribution in [0, 0.1) is 20.8 Å². The molecule has 3 aromatic rings. The number of aromatic nitrogens is 2. The summed E-state index contributed by atoms with van der Waals surface area (Å²) in [6, 6.07) is 12.7. The molecule has 0 saturated heterocycles. The highest BCUT2D eigenvalue weighted by atomic mass is 16.5. The monoisotopic (exact) mass is 353 g/mol. The molecule has 2 heterocycles. The Morgan fingerprint density at radius 1 is 1.08 bits per heavy atom. The van der Waals surface area contributed by atoms with Crippen LogP contribution in [0.3, 0.4) is 0 Å². The molecule has 0 atom stereocenters. The molecule has 0 bridgehead atoms. The number of hydrogen-bond acceptors (Lipinski definition) is 5. The first kappa shape index (κ1) is 17.5. The fourth-order valence-electron chi connectivity index (χ4n) is 2.64. The molecule has 0 aliphatic heterocycles. The number of carbonyl (C=O) groups is 2. The van der Waals surface area contributed by atoms with E-state index in [-0.39, 0.29) is 5.82 Å². The van der Waals surface area contributed by atoms with E-state index in [2.05, 4.69) is 15.0 Å². The predicted molar refractivity (Wildman–Crippen MR) is 95.4 cm³/mol. The van der Waals surface area contributed by atoms with Gasteiger partial charge in [-0.3, -0.25) is 4.79 Å². The first-order valence-electron chi connectivity index (χ1n) is 8.10. The topological polar surface area (TPSA) is 86.4 Å². The summed E-state index contributed by atoms with van der Waals surface area (Å²) in [7, 11) is 0. The third kappa shape index (κ3) is 3.83. The molecule has 26 heavy (non-hydrogen) atoms. The van der Waals surface area contributed by atoms with Gasteiger partial charge in [0.15, 0.2) is 12.4 Å². The Morgan fingerprint density at radius 3 is 2.31 bits per heavy atom. The van der Waals surface area contributed by atoms with Crippen molar-refractivity contribution in [1.29, 1.82) is 0 Å². The Hall–Kier alpha value is -3.35. The summed E-state index contributed by atoms with van der Waals surface area (Å²) in [5.74, 6) is -0.193. The average molecular weight is 353 g/mol. The summed E-state index contributed by atoms with van der Waals surface area (Å²) in [5.41, 5.74) is 3.55. The third-order valence-electron chi connectivity index (χ3n) is 3.86. The summed E-state index contributed by atoms with van der Waals surface area (Å²) in [6.45, 7) is 5.35. The van der Waals surface area contributed by atoms with Crippen molar-refractivity contribution in [1.82, 2.24) is 9.72 Å². The zero-order valence-corrected chi connectivity index (χ0v) is 14.8. The van der Waals surface area contributed by atoms with E-state index < -0.39 is 18.5 Å². The lowest BCUT2D eigenvalue weighted by atomic mass is 10.2. The number of amides is 1. The quantitative estimate of drug-likeness (QED) is 0.712. The molecule has 0 aliphatic carbocycles. The Labute approximate surface area is 150 Å². The minimum atomic E-state index is -0.566. The standard InChI is InChI=1S/C19H19N3O4/c1-12-4-5-13(2)22(12)16-8-6-15(7-9-16)19(24)25-11-18(23)20-17-10-14(3)26-21-17/h4-10H,11H2,1-3H3,(H,20,21,23).